The Balaban J connectivity index is 1.58. The van der Waals surface area contributed by atoms with Gasteiger partial charge in [-0.25, -0.2) is 0 Å². The van der Waals surface area contributed by atoms with Crippen LogP contribution in [0, 0.1) is 12.8 Å². The second kappa shape index (κ2) is 6.96. The maximum atomic E-state index is 10.6. The molecule has 1 unspecified atom stereocenters. The van der Waals surface area contributed by atoms with Gasteiger partial charge in [-0.2, -0.15) is 5.10 Å². The van der Waals surface area contributed by atoms with Crippen LogP contribution in [-0.2, 0) is 19.0 Å². The number of piperidine rings is 1. The van der Waals surface area contributed by atoms with Crippen LogP contribution < -0.4 is 0 Å². The van der Waals surface area contributed by atoms with Gasteiger partial charge in [-0.15, -0.1) is 0 Å². The highest BCUT2D eigenvalue weighted by Gasteiger charge is 2.28. The minimum Gasteiger partial charge on any atom is -0.465 e. The molecule has 2 aromatic heterocycles. The fraction of sp³-hybridized carbons (Fsp3) is 0.650. The zero-order valence-corrected chi connectivity index (χ0v) is 16.1. The van der Waals surface area contributed by atoms with Gasteiger partial charge in [-0.05, 0) is 50.9 Å². The van der Waals surface area contributed by atoms with Crippen LogP contribution in [0.15, 0.2) is 22.7 Å². The molecule has 0 spiro atoms. The smallest absolute Gasteiger partial charge is 0.109 e. The lowest BCUT2D eigenvalue weighted by molar-refractivity contribution is 0.0513. The summed E-state index contributed by atoms with van der Waals surface area (Å²) >= 11 is 0. The first-order chi connectivity index (χ1) is 11.8. The molecule has 0 bridgehead atoms. The Labute approximate surface area is 150 Å². The van der Waals surface area contributed by atoms with Gasteiger partial charge in [0.15, 0.2) is 0 Å². The molecule has 0 aromatic carbocycles. The molecule has 0 radical (unpaired) electrons. The Hall–Kier alpha value is -1.59. The molecule has 5 nitrogen and oxygen atoms in total. The summed E-state index contributed by atoms with van der Waals surface area (Å²) in [6, 6.07) is 4.13. The third kappa shape index (κ3) is 3.98. The highest BCUT2D eigenvalue weighted by Crippen LogP contribution is 2.32. The number of hydrogen-bond donors (Lipinski definition) is 1. The van der Waals surface area contributed by atoms with Crippen molar-refractivity contribution in [2.75, 3.05) is 13.1 Å². The molecular formula is C20H31N3O2. The number of aliphatic hydroxyl groups excluding tert-OH is 1. The molecule has 3 rings (SSSR count). The molecule has 1 aliphatic heterocycles. The van der Waals surface area contributed by atoms with E-state index in [1.165, 1.54) is 5.56 Å². The van der Waals surface area contributed by atoms with Crippen molar-refractivity contribution in [3.8, 4) is 0 Å². The number of likely N-dealkylation sites (tertiary alicyclic amines) is 1. The second-order valence-electron chi connectivity index (χ2n) is 8.38. The maximum Gasteiger partial charge on any atom is 0.109 e. The SMILES string of the molecule is Cc1oc(C(C)(C)C)cc1CN1CCC(C(O)c2ccnn2C)CC1. The van der Waals surface area contributed by atoms with E-state index in [0.717, 1.165) is 49.7 Å². The highest BCUT2D eigenvalue weighted by atomic mass is 16.3. The summed E-state index contributed by atoms with van der Waals surface area (Å²) in [4.78, 5) is 2.47. The van der Waals surface area contributed by atoms with Crippen LogP contribution in [0.5, 0.6) is 0 Å². The lowest BCUT2D eigenvalue weighted by Crippen LogP contribution is -2.35. The van der Waals surface area contributed by atoms with Crippen molar-refractivity contribution in [2.45, 2.75) is 58.6 Å². The first-order valence-corrected chi connectivity index (χ1v) is 9.24. The van der Waals surface area contributed by atoms with Crippen molar-refractivity contribution < 1.29 is 9.52 Å². The fourth-order valence-electron chi connectivity index (χ4n) is 3.63. The Morgan fingerprint density at radius 2 is 2.00 bits per heavy atom. The number of nitrogens with zero attached hydrogens (tertiary/aromatic N) is 3. The molecule has 3 heterocycles. The van der Waals surface area contributed by atoms with Crippen LogP contribution in [-0.4, -0.2) is 32.9 Å². The molecule has 1 aliphatic rings. The molecule has 1 N–H and O–H groups in total. The number of aromatic nitrogens is 2. The van der Waals surface area contributed by atoms with E-state index < -0.39 is 6.10 Å². The average molecular weight is 345 g/mol. The Morgan fingerprint density at radius 3 is 2.52 bits per heavy atom. The molecule has 1 saturated heterocycles. The zero-order chi connectivity index (χ0) is 18.2. The van der Waals surface area contributed by atoms with Crippen LogP contribution >= 0.6 is 0 Å². The van der Waals surface area contributed by atoms with Gasteiger partial charge in [0, 0.05) is 30.8 Å². The molecule has 0 saturated carbocycles. The first kappa shape index (κ1) is 18.2. The maximum absolute atomic E-state index is 10.6. The summed E-state index contributed by atoms with van der Waals surface area (Å²) in [5, 5.41) is 14.8. The summed E-state index contributed by atoms with van der Waals surface area (Å²) in [7, 11) is 1.89. The Kier molecular flexibility index (Phi) is 5.07. The largest absolute Gasteiger partial charge is 0.465 e. The predicted molar refractivity (Wildman–Crippen MR) is 98.3 cm³/mol. The van der Waals surface area contributed by atoms with Gasteiger partial charge < -0.3 is 9.52 Å². The lowest BCUT2D eigenvalue weighted by Gasteiger charge is -2.34. The van der Waals surface area contributed by atoms with Gasteiger partial charge in [-0.3, -0.25) is 9.58 Å². The number of aliphatic hydroxyl groups is 1. The number of furan rings is 1. The van der Waals surface area contributed by atoms with E-state index in [-0.39, 0.29) is 5.41 Å². The van der Waals surface area contributed by atoms with Crippen molar-refractivity contribution in [2.24, 2.45) is 13.0 Å². The normalized spacial score (nSPS) is 18.6. The summed E-state index contributed by atoms with van der Waals surface area (Å²) in [5.41, 5.74) is 2.25. The minimum atomic E-state index is -0.419. The van der Waals surface area contributed by atoms with Crippen LogP contribution in [0.1, 0.15) is 62.5 Å². The predicted octanol–water partition coefficient (Wildman–Crippen LogP) is 3.56. The molecule has 1 atom stereocenters. The Morgan fingerprint density at radius 1 is 1.32 bits per heavy atom. The monoisotopic (exact) mass is 345 g/mol. The quantitative estimate of drug-likeness (QED) is 0.920. The van der Waals surface area contributed by atoms with Gasteiger partial charge in [-0.1, -0.05) is 20.8 Å². The topological polar surface area (TPSA) is 54.4 Å². The van der Waals surface area contributed by atoms with E-state index in [4.69, 9.17) is 4.42 Å². The van der Waals surface area contributed by atoms with Gasteiger partial charge in [0.1, 0.15) is 11.5 Å². The molecule has 1 fully saturated rings. The molecule has 138 valence electrons. The van der Waals surface area contributed by atoms with Crippen LogP contribution in [0.2, 0.25) is 0 Å². The average Bonchev–Trinajstić information content (AvgIpc) is 3.13. The van der Waals surface area contributed by atoms with Gasteiger partial charge in [0.25, 0.3) is 0 Å². The minimum absolute atomic E-state index is 0.0449. The number of rotatable bonds is 4. The van der Waals surface area contributed by atoms with Crippen LogP contribution in [0.4, 0.5) is 0 Å². The second-order valence-corrected chi connectivity index (χ2v) is 8.38. The third-order valence-corrected chi connectivity index (χ3v) is 5.39. The zero-order valence-electron chi connectivity index (χ0n) is 16.1. The van der Waals surface area contributed by atoms with Crippen molar-refractivity contribution in [3.63, 3.8) is 0 Å². The van der Waals surface area contributed by atoms with E-state index >= 15 is 0 Å². The van der Waals surface area contributed by atoms with Gasteiger partial charge >= 0.3 is 0 Å². The molecule has 2 aromatic rings. The Bertz CT molecular complexity index is 703. The molecule has 0 amide bonds. The molecule has 0 aliphatic carbocycles. The standard InChI is InChI=1S/C20H31N3O2/c1-14-16(12-18(25-14)20(2,3)4)13-23-10-7-15(8-11-23)19(24)17-6-9-21-22(17)5/h6,9,12,15,19,24H,7-8,10-11,13H2,1-5H3. The van der Waals surface area contributed by atoms with Gasteiger partial charge in [0.2, 0.25) is 0 Å². The third-order valence-electron chi connectivity index (χ3n) is 5.39. The van der Waals surface area contributed by atoms with E-state index in [2.05, 4.69) is 43.8 Å². The molecule has 25 heavy (non-hydrogen) atoms. The summed E-state index contributed by atoms with van der Waals surface area (Å²) < 4.78 is 7.74. The summed E-state index contributed by atoms with van der Waals surface area (Å²) in [6.07, 6.45) is 3.35. The first-order valence-electron chi connectivity index (χ1n) is 9.24. The lowest BCUT2D eigenvalue weighted by atomic mass is 9.89. The van der Waals surface area contributed by atoms with Crippen molar-refractivity contribution in [1.29, 1.82) is 0 Å². The van der Waals surface area contributed by atoms with Crippen LogP contribution in [0.25, 0.3) is 0 Å². The number of aryl methyl sites for hydroxylation is 2. The van der Waals surface area contributed by atoms with Crippen molar-refractivity contribution in [3.05, 3.63) is 41.1 Å². The van der Waals surface area contributed by atoms with Crippen molar-refractivity contribution >= 4 is 0 Å². The summed E-state index contributed by atoms with van der Waals surface area (Å²) in [5.74, 6) is 2.39. The van der Waals surface area contributed by atoms with E-state index in [9.17, 15) is 5.11 Å². The fourth-order valence-corrected chi connectivity index (χ4v) is 3.63. The molecule has 5 heteroatoms. The number of hydrogen-bond acceptors (Lipinski definition) is 4. The highest BCUT2D eigenvalue weighted by molar-refractivity contribution is 5.24. The van der Waals surface area contributed by atoms with E-state index in [1.54, 1.807) is 10.9 Å². The van der Waals surface area contributed by atoms with E-state index in [1.807, 2.05) is 13.1 Å². The van der Waals surface area contributed by atoms with Crippen LogP contribution in [0.3, 0.4) is 0 Å². The van der Waals surface area contributed by atoms with Gasteiger partial charge in [0.05, 0.1) is 11.8 Å². The van der Waals surface area contributed by atoms with Crippen molar-refractivity contribution in [1.82, 2.24) is 14.7 Å². The summed E-state index contributed by atoms with van der Waals surface area (Å²) in [6.45, 7) is 11.6. The molecular weight excluding hydrogens is 314 g/mol. The van der Waals surface area contributed by atoms with E-state index in [0.29, 0.717) is 5.92 Å².